The Bertz CT molecular complexity index is 648. The first kappa shape index (κ1) is 20.4. The lowest BCUT2D eigenvalue weighted by atomic mass is 9.91. The Morgan fingerprint density at radius 2 is 1.80 bits per heavy atom. The van der Waals surface area contributed by atoms with Crippen LogP contribution in [0.25, 0.3) is 0 Å². The summed E-state index contributed by atoms with van der Waals surface area (Å²) in [5.41, 5.74) is 0.721. The van der Waals surface area contributed by atoms with Gasteiger partial charge in [0.1, 0.15) is 0 Å². The van der Waals surface area contributed by atoms with Crippen molar-refractivity contribution >= 4 is 17.9 Å². The van der Waals surface area contributed by atoms with Crippen LogP contribution in [0.15, 0.2) is 24.8 Å². The van der Waals surface area contributed by atoms with Crippen LogP contribution in [0, 0.1) is 0 Å². The summed E-state index contributed by atoms with van der Waals surface area (Å²) < 4.78 is 4.93. The molecule has 0 heterocycles. The highest BCUT2D eigenvalue weighted by atomic mass is 16.5. The number of carboxylic acids is 2. The van der Waals surface area contributed by atoms with Gasteiger partial charge >= 0.3 is 17.9 Å². The van der Waals surface area contributed by atoms with Crippen molar-refractivity contribution in [3.63, 3.8) is 0 Å². The number of hydrogen-bond donors (Lipinski definition) is 2. The molecule has 6 nitrogen and oxygen atoms in total. The van der Waals surface area contributed by atoms with E-state index in [1.54, 1.807) is 6.07 Å². The second kappa shape index (κ2) is 10.3. The molecule has 25 heavy (non-hydrogen) atoms. The van der Waals surface area contributed by atoms with Crippen molar-refractivity contribution in [3.8, 4) is 0 Å². The third-order valence-electron chi connectivity index (χ3n) is 3.92. The first-order chi connectivity index (χ1) is 11.9. The van der Waals surface area contributed by atoms with Crippen molar-refractivity contribution in [1.29, 1.82) is 0 Å². The van der Waals surface area contributed by atoms with E-state index < -0.39 is 17.9 Å². The van der Waals surface area contributed by atoms with Gasteiger partial charge in [-0.2, -0.15) is 0 Å². The van der Waals surface area contributed by atoms with E-state index in [2.05, 4.69) is 13.5 Å². The molecule has 0 saturated heterocycles. The van der Waals surface area contributed by atoms with Crippen LogP contribution in [-0.2, 0) is 22.4 Å². The first-order valence-electron chi connectivity index (χ1n) is 8.32. The molecule has 2 N–H and O–H groups in total. The quantitative estimate of drug-likeness (QED) is 0.361. The summed E-state index contributed by atoms with van der Waals surface area (Å²) in [4.78, 5) is 34.2. The zero-order valence-corrected chi connectivity index (χ0v) is 14.4. The Morgan fingerprint density at radius 1 is 1.08 bits per heavy atom. The van der Waals surface area contributed by atoms with Gasteiger partial charge in [-0.15, -0.1) is 0 Å². The lowest BCUT2D eigenvalue weighted by Crippen LogP contribution is -2.16. The second-order valence-corrected chi connectivity index (χ2v) is 5.67. The van der Waals surface area contributed by atoms with E-state index in [-0.39, 0.29) is 24.2 Å². The number of unbranched alkanes of at least 4 members (excludes halogenated alkanes) is 3. The summed E-state index contributed by atoms with van der Waals surface area (Å²) in [5, 5.41) is 18.8. The van der Waals surface area contributed by atoms with Crippen LogP contribution in [0.5, 0.6) is 0 Å². The largest absolute Gasteiger partial charge is 0.478 e. The van der Waals surface area contributed by atoms with Gasteiger partial charge in [-0.3, -0.25) is 0 Å². The molecule has 1 aromatic rings. The number of aryl methyl sites for hydroxylation is 1. The van der Waals surface area contributed by atoms with E-state index in [1.807, 2.05) is 0 Å². The van der Waals surface area contributed by atoms with Gasteiger partial charge in [0.15, 0.2) is 0 Å². The molecule has 0 radical (unpaired) electrons. The number of hydrogen-bond acceptors (Lipinski definition) is 4. The molecule has 0 unspecified atom stereocenters. The molecule has 0 atom stereocenters. The fraction of sp³-hybridized carbons (Fsp3) is 0.421. The lowest BCUT2D eigenvalue weighted by Gasteiger charge is -2.15. The van der Waals surface area contributed by atoms with E-state index in [9.17, 15) is 24.6 Å². The van der Waals surface area contributed by atoms with Crippen LogP contribution >= 0.6 is 0 Å². The summed E-state index contributed by atoms with van der Waals surface area (Å²) in [7, 11) is 0. The third kappa shape index (κ3) is 6.06. The predicted molar refractivity (Wildman–Crippen MR) is 93.1 cm³/mol. The van der Waals surface area contributed by atoms with Crippen molar-refractivity contribution in [1.82, 2.24) is 0 Å². The first-order valence-corrected chi connectivity index (χ1v) is 8.32. The average molecular weight is 348 g/mol. The number of aromatic carboxylic acids is 2. The fourth-order valence-electron chi connectivity index (χ4n) is 2.69. The number of ether oxygens (including phenoxy) is 1. The van der Waals surface area contributed by atoms with Crippen LogP contribution in [0.4, 0.5) is 0 Å². The maximum atomic E-state index is 11.6. The van der Waals surface area contributed by atoms with E-state index in [4.69, 9.17) is 4.74 Å². The molecule has 0 aromatic heterocycles. The van der Waals surface area contributed by atoms with Crippen molar-refractivity contribution in [2.75, 3.05) is 6.61 Å². The van der Waals surface area contributed by atoms with E-state index in [0.29, 0.717) is 12.0 Å². The molecule has 0 amide bonds. The number of rotatable bonds is 11. The van der Waals surface area contributed by atoms with Gasteiger partial charge in [0.05, 0.1) is 17.7 Å². The SMILES string of the molecule is C=CC(=O)OCCc1c(CCCCCC)ccc(C(=O)O)c1C(=O)O. The molecule has 0 spiro atoms. The molecule has 0 bridgehead atoms. The van der Waals surface area contributed by atoms with Gasteiger partial charge in [0.25, 0.3) is 0 Å². The molecule has 0 fully saturated rings. The Hall–Kier alpha value is -2.63. The molecular weight excluding hydrogens is 324 g/mol. The predicted octanol–water partition coefficient (Wildman–Crippen LogP) is 3.48. The molecule has 0 aliphatic carbocycles. The van der Waals surface area contributed by atoms with Gasteiger partial charge < -0.3 is 14.9 Å². The van der Waals surface area contributed by atoms with E-state index >= 15 is 0 Å². The summed E-state index contributed by atoms with van der Waals surface area (Å²) in [6, 6.07) is 2.99. The standard InChI is InChI=1S/C19H24O6/c1-3-5-6-7-8-13-9-10-15(18(21)22)17(19(23)24)14(13)11-12-25-16(20)4-2/h4,9-10H,2-3,5-8,11-12H2,1H3,(H,21,22)(H,23,24). The minimum Gasteiger partial charge on any atom is -0.478 e. The molecule has 0 aliphatic heterocycles. The van der Waals surface area contributed by atoms with Gasteiger partial charge in [-0.05, 0) is 30.0 Å². The Labute approximate surface area is 147 Å². The second-order valence-electron chi connectivity index (χ2n) is 5.67. The summed E-state index contributed by atoms with van der Waals surface area (Å²) in [6.07, 6.45) is 5.91. The lowest BCUT2D eigenvalue weighted by molar-refractivity contribution is -0.137. The molecule has 0 saturated carbocycles. The third-order valence-corrected chi connectivity index (χ3v) is 3.92. The molecule has 1 rings (SSSR count). The number of carbonyl (C=O) groups is 3. The van der Waals surface area contributed by atoms with Crippen molar-refractivity contribution in [3.05, 3.63) is 47.0 Å². The molecule has 6 heteroatoms. The number of carbonyl (C=O) groups excluding carboxylic acids is 1. The maximum Gasteiger partial charge on any atom is 0.336 e. The summed E-state index contributed by atoms with van der Waals surface area (Å²) >= 11 is 0. The topological polar surface area (TPSA) is 101 Å². The van der Waals surface area contributed by atoms with E-state index in [0.717, 1.165) is 37.3 Å². The van der Waals surface area contributed by atoms with Crippen LogP contribution in [-0.4, -0.2) is 34.7 Å². The maximum absolute atomic E-state index is 11.6. The zero-order valence-electron chi connectivity index (χ0n) is 14.4. The van der Waals surface area contributed by atoms with Gasteiger partial charge in [0.2, 0.25) is 0 Å². The zero-order chi connectivity index (χ0) is 18.8. The Morgan fingerprint density at radius 3 is 2.36 bits per heavy atom. The van der Waals surface area contributed by atoms with Gasteiger partial charge in [-0.1, -0.05) is 38.8 Å². The summed E-state index contributed by atoms with van der Waals surface area (Å²) in [6.45, 7) is 5.37. The number of esters is 1. The molecule has 136 valence electrons. The number of carboxylic acid groups (broad SMARTS) is 2. The van der Waals surface area contributed by atoms with Crippen molar-refractivity contribution < 1.29 is 29.3 Å². The Balaban J connectivity index is 3.14. The van der Waals surface area contributed by atoms with Crippen LogP contribution in [0.1, 0.15) is 64.4 Å². The van der Waals surface area contributed by atoms with Crippen LogP contribution in [0.2, 0.25) is 0 Å². The van der Waals surface area contributed by atoms with Gasteiger partial charge in [-0.25, -0.2) is 14.4 Å². The van der Waals surface area contributed by atoms with Crippen LogP contribution in [0.3, 0.4) is 0 Å². The molecule has 1 aromatic carbocycles. The van der Waals surface area contributed by atoms with E-state index in [1.165, 1.54) is 6.07 Å². The minimum absolute atomic E-state index is 0.0316. The molecular formula is C19H24O6. The smallest absolute Gasteiger partial charge is 0.336 e. The molecule has 0 aliphatic rings. The Kier molecular flexibility index (Phi) is 8.39. The monoisotopic (exact) mass is 348 g/mol. The highest BCUT2D eigenvalue weighted by molar-refractivity contribution is 6.03. The van der Waals surface area contributed by atoms with Crippen molar-refractivity contribution in [2.45, 2.75) is 45.4 Å². The number of benzene rings is 1. The van der Waals surface area contributed by atoms with Crippen LogP contribution < -0.4 is 0 Å². The van der Waals surface area contributed by atoms with Crippen molar-refractivity contribution in [2.24, 2.45) is 0 Å². The highest BCUT2D eigenvalue weighted by Crippen LogP contribution is 2.23. The fourth-order valence-corrected chi connectivity index (χ4v) is 2.69. The summed E-state index contributed by atoms with van der Waals surface area (Å²) in [5.74, 6) is -3.19. The average Bonchev–Trinajstić information content (AvgIpc) is 2.58. The highest BCUT2D eigenvalue weighted by Gasteiger charge is 2.22. The minimum atomic E-state index is -1.29. The van der Waals surface area contributed by atoms with Gasteiger partial charge in [0, 0.05) is 12.5 Å². The normalized spacial score (nSPS) is 10.3.